The Hall–Kier alpha value is -1.10. The summed E-state index contributed by atoms with van der Waals surface area (Å²) >= 11 is 0. The van der Waals surface area contributed by atoms with E-state index in [-0.39, 0.29) is 8.76 Å². The van der Waals surface area contributed by atoms with Crippen LogP contribution in [0, 0.1) is 0 Å². The van der Waals surface area contributed by atoms with E-state index in [0.29, 0.717) is 13.0 Å². The highest BCUT2D eigenvalue weighted by atomic mass is 16.2. The van der Waals surface area contributed by atoms with Crippen molar-refractivity contribution in [3.63, 3.8) is 0 Å². The fraction of sp³-hybridized carbons (Fsp3) is 0.750. The van der Waals surface area contributed by atoms with Gasteiger partial charge in [-0.2, -0.15) is 0 Å². The number of likely N-dealkylation sites (N-methyl/N-ethyl adjacent to an activating group) is 1. The maximum Gasteiger partial charge on any atom is 0.322 e. The molecule has 1 rings (SSSR count). The second-order valence-corrected chi connectivity index (χ2v) is 3.58. The minimum atomic E-state index is -0.736. The van der Waals surface area contributed by atoms with Crippen LogP contribution in [0.3, 0.4) is 0 Å². The summed E-state index contributed by atoms with van der Waals surface area (Å²) in [6.07, 6.45) is 0.600. The number of carbonyl (C=O) groups excluding carboxylic acids is 2. The number of nitrogens with zero attached hydrogens (tertiary/aromatic N) is 1. The molecule has 5 heteroatoms. The smallest absolute Gasteiger partial charge is 0.322 e. The van der Waals surface area contributed by atoms with Crippen LogP contribution in [-0.4, -0.2) is 43.0 Å². The molecule has 0 radical (unpaired) electrons. The largest absolute Gasteiger partial charge is 0.322 e. The second kappa shape index (κ2) is 3.33. The molecule has 0 aromatic carbocycles. The fourth-order valence-electron chi connectivity index (χ4n) is 1.54. The van der Waals surface area contributed by atoms with Crippen LogP contribution in [0.4, 0.5) is 4.79 Å². The summed E-state index contributed by atoms with van der Waals surface area (Å²) in [4.78, 5) is 24.3. The van der Waals surface area contributed by atoms with E-state index in [1.807, 2.05) is 25.9 Å². The Morgan fingerprint density at radius 2 is 2.08 bits per heavy atom. The summed E-state index contributed by atoms with van der Waals surface area (Å²) in [5.41, 5.74) is -0.736. The molecular weight excluding hydrogens is 170 g/mol. The molecule has 1 atom stereocenters. The SMILES string of the molecule is CCC1(CN(C)C)NC(=O)NC1=O.[HH].[HH]. The summed E-state index contributed by atoms with van der Waals surface area (Å²) in [5.74, 6) is -0.228. The summed E-state index contributed by atoms with van der Waals surface area (Å²) in [6.45, 7) is 2.41. The number of hydrogen-bond acceptors (Lipinski definition) is 3. The van der Waals surface area contributed by atoms with Crippen LogP contribution in [0.1, 0.15) is 16.2 Å². The highest BCUT2D eigenvalue weighted by Gasteiger charge is 2.44. The molecule has 0 bridgehead atoms. The monoisotopic (exact) mass is 189 g/mol. The molecule has 1 heterocycles. The number of imide groups is 1. The number of urea groups is 1. The molecule has 2 N–H and O–H groups in total. The molecule has 1 saturated heterocycles. The third-order valence-corrected chi connectivity index (χ3v) is 2.20. The van der Waals surface area contributed by atoms with E-state index >= 15 is 0 Å². The highest BCUT2D eigenvalue weighted by Crippen LogP contribution is 2.15. The molecule has 1 fully saturated rings. The molecule has 1 aliphatic heterocycles. The molecule has 0 aromatic rings. The predicted octanol–water partition coefficient (Wildman–Crippen LogP) is 0.0282. The van der Waals surface area contributed by atoms with E-state index in [9.17, 15) is 9.59 Å². The number of nitrogens with one attached hydrogen (secondary N) is 2. The van der Waals surface area contributed by atoms with Crippen molar-refractivity contribution in [1.82, 2.24) is 15.5 Å². The van der Waals surface area contributed by atoms with Gasteiger partial charge in [-0.3, -0.25) is 10.1 Å². The van der Waals surface area contributed by atoms with Gasteiger partial charge in [-0.1, -0.05) is 6.92 Å². The lowest BCUT2D eigenvalue weighted by Gasteiger charge is -2.27. The molecule has 5 nitrogen and oxygen atoms in total. The van der Waals surface area contributed by atoms with Gasteiger partial charge in [-0.25, -0.2) is 4.79 Å². The molecule has 3 amide bonds. The predicted molar refractivity (Wildman–Crippen MR) is 52.5 cm³/mol. The van der Waals surface area contributed by atoms with Crippen LogP contribution in [0.5, 0.6) is 0 Å². The van der Waals surface area contributed by atoms with Crippen molar-refractivity contribution in [1.29, 1.82) is 0 Å². The van der Waals surface area contributed by atoms with Crippen molar-refractivity contribution < 1.29 is 12.4 Å². The Labute approximate surface area is 80.4 Å². The number of amides is 3. The van der Waals surface area contributed by atoms with Gasteiger partial charge in [0.1, 0.15) is 5.54 Å². The zero-order valence-corrected chi connectivity index (χ0v) is 8.18. The van der Waals surface area contributed by atoms with Crippen LogP contribution < -0.4 is 10.6 Å². The number of carbonyl (C=O) groups is 2. The van der Waals surface area contributed by atoms with E-state index < -0.39 is 11.6 Å². The first-order valence-electron chi connectivity index (χ1n) is 4.28. The van der Waals surface area contributed by atoms with Gasteiger partial charge in [0.25, 0.3) is 5.91 Å². The number of hydrogen-bond donors (Lipinski definition) is 2. The topological polar surface area (TPSA) is 61.4 Å². The zero-order valence-electron chi connectivity index (χ0n) is 8.18. The van der Waals surface area contributed by atoms with E-state index in [0.717, 1.165) is 0 Å². The molecule has 78 valence electrons. The van der Waals surface area contributed by atoms with Gasteiger partial charge in [0, 0.05) is 9.40 Å². The Balaban J connectivity index is 0. The van der Waals surface area contributed by atoms with Gasteiger partial charge in [-0.05, 0) is 20.5 Å². The average Bonchev–Trinajstić information content (AvgIpc) is 2.26. The van der Waals surface area contributed by atoms with Gasteiger partial charge in [0.15, 0.2) is 0 Å². The van der Waals surface area contributed by atoms with Gasteiger partial charge in [-0.15, -0.1) is 0 Å². The highest BCUT2D eigenvalue weighted by molar-refractivity contribution is 6.07. The van der Waals surface area contributed by atoms with Crippen molar-refractivity contribution >= 4 is 11.9 Å². The summed E-state index contributed by atoms with van der Waals surface area (Å²) < 4.78 is 0. The van der Waals surface area contributed by atoms with E-state index in [2.05, 4.69) is 10.6 Å². The second-order valence-electron chi connectivity index (χ2n) is 3.58. The first-order chi connectivity index (χ1) is 6.00. The molecule has 0 aliphatic carbocycles. The third kappa shape index (κ3) is 1.80. The Kier molecular flexibility index (Phi) is 2.56. The first-order valence-corrected chi connectivity index (χ1v) is 4.28. The van der Waals surface area contributed by atoms with Gasteiger partial charge >= 0.3 is 6.03 Å². The lowest BCUT2D eigenvalue weighted by atomic mass is 9.96. The van der Waals surface area contributed by atoms with E-state index in [4.69, 9.17) is 0 Å². The van der Waals surface area contributed by atoms with Crippen molar-refractivity contribution in [2.45, 2.75) is 18.9 Å². The molecular formula is C8H19N3O2. The van der Waals surface area contributed by atoms with Gasteiger partial charge in [0.2, 0.25) is 0 Å². The quantitative estimate of drug-likeness (QED) is 0.616. The molecule has 0 spiro atoms. The lowest BCUT2D eigenvalue weighted by molar-refractivity contribution is -0.124. The number of rotatable bonds is 3. The summed E-state index contributed by atoms with van der Waals surface area (Å²) in [7, 11) is 3.74. The van der Waals surface area contributed by atoms with E-state index in [1.54, 1.807) is 0 Å². The van der Waals surface area contributed by atoms with Crippen molar-refractivity contribution in [3.05, 3.63) is 0 Å². The van der Waals surface area contributed by atoms with Crippen LogP contribution >= 0.6 is 0 Å². The van der Waals surface area contributed by atoms with Crippen molar-refractivity contribution in [2.24, 2.45) is 0 Å². The summed E-state index contributed by atoms with van der Waals surface area (Å²) in [5, 5.41) is 4.91. The fourth-order valence-corrected chi connectivity index (χ4v) is 1.54. The molecule has 0 aromatic heterocycles. The van der Waals surface area contributed by atoms with Gasteiger partial charge < -0.3 is 10.2 Å². The Bertz CT molecular complexity index is 248. The molecule has 13 heavy (non-hydrogen) atoms. The maximum absolute atomic E-state index is 11.5. The lowest BCUT2D eigenvalue weighted by Crippen LogP contribution is -2.53. The third-order valence-electron chi connectivity index (χ3n) is 2.20. The van der Waals surface area contributed by atoms with Crippen LogP contribution in [0.25, 0.3) is 0 Å². The average molecular weight is 189 g/mol. The van der Waals surface area contributed by atoms with E-state index in [1.165, 1.54) is 0 Å². The van der Waals surface area contributed by atoms with Crippen LogP contribution in [-0.2, 0) is 4.79 Å². The Morgan fingerprint density at radius 3 is 2.38 bits per heavy atom. The van der Waals surface area contributed by atoms with Crippen molar-refractivity contribution in [2.75, 3.05) is 20.6 Å². The van der Waals surface area contributed by atoms with Crippen LogP contribution in [0.2, 0.25) is 0 Å². The normalized spacial score (nSPS) is 27.7. The molecule has 0 saturated carbocycles. The van der Waals surface area contributed by atoms with Gasteiger partial charge in [0.05, 0.1) is 0 Å². The minimum Gasteiger partial charge on any atom is -0.322 e. The molecule has 1 unspecified atom stereocenters. The maximum atomic E-state index is 11.5. The zero-order chi connectivity index (χ0) is 10.1. The van der Waals surface area contributed by atoms with Crippen molar-refractivity contribution in [3.8, 4) is 0 Å². The minimum absolute atomic E-state index is 0. The van der Waals surface area contributed by atoms with Crippen LogP contribution in [0.15, 0.2) is 0 Å². The Morgan fingerprint density at radius 1 is 1.46 bits per heavy atom. The molecule has 1 aliphatic rings. The first kappa shape index (κ1) is 9.98. The standard InChI is InChI=1S/C8H15N3O2.2H2/c1-4-8(5-11(2)3)6(12)9-7(13)10-8;;/h4-5H2,1-3H3,(H2,9,10,12,13);2*1H. The summed E-state index contributed by atoms with van der Waals surface area (Å²) in [6, 6.07) is -0.395.